The minimum Gasteiger partial charge on any atom is -0.474 e. The summed E-state index contributed by atoms with van der Waals surface area (Å²) in [4.78, 5) is 29.1. The Morgan fingerprint density at radius 2 is 1.93 bits per heavy atom. The average Bonchev–Trinajstić information content (AvgIpc) is 3.25. The lowest BCUT2D eigenvalue weighted by Crippen LogP contribution is -2.49. The van der Waals surface area contributed by atoms with Gasteiger partial charge in [0.1, 0.15) is 18.8 Å². The van der Waals surface area contributed by atoms with Crippen LogP contribution in [0.4, 0.5) is 5.69 Å². The van der Waals surface area contributed by atoms with Gasteiger partial charge in [-0.15, -0.1) is 0 Å². The molecule has 144 valence electrons. The summed E-state index contributed by atoms with van der Waals surface area (Å²) in [5.74, 6) is 0.838. The molecule has 2 fully saturated rings. The van der Waals surface area contributed by atoms with Crippen LogP contribution in [0.15, 0.2) is 30.9 Å². The Morgan fingerprint density at radius 3 is 2.64 bits per heavy atom. The highest BCUT2D eigenvalue weighted by Crippen LogP contribution is 2.31. The number of benzene rings is 1. The predicted molar refractivity (Wildman–Crippen MR) is 102 cm³/mol. The highest BCUT2D eigenvalue weighted by molar-refractivity contribution is 5.90. The lowest BCUT2D eigenvalue weighted by Gasteiger charge is -2.35. The van der Waals surface area contributed by atoms with Crippen molar-refractivity contribution in [1.82, 2.24) is 30.0 Å². The van der Waals surface area contributed by atoms with Gasteiger partial charge < -0.3 is 14.5 Å². The van der Waals surface area contributed by atoms with Crippen molar-refractivity contribution in [3.8, 4) is 5.88 Å². The van der Waals surface area contributed by atoms with Crippen LogP contribution in [-0.2, 0) is 0 Å². The highest BCUT2D eigenvalue weighted by Gasteiger charge is 2.25. The van der Waals surface area contributed by atoms with Crippen LogP contribution in [0.25, 0.3) is 10.9 Å². The van der Waals surface area contributed by atoms with Crippen molar-refractivity contribution in [2.75, 3.05) is 31.1 Å². The normalized spacial score (nSPS) is 17.6. The minimum absolute atomic E-state index is 0.111. The van der Waals surface area contributed by atoms with Gasteiger partial charge >= 0.3 is 0 Å². The molecule has 1 aliphatic carbocycles. The monoisotopic (exact) mass is 379 g/mol. The SMILES string of the molecule is O=C(c1ncn[nH]1)N1CCN(c2ccc3ncnc(OC4CCC4)c3c2)CC1. The molecule has 0 bridgehead atoms. The van der Waals surface area contributed by atoms with E-state index in [1.807, 2.05) is 6.07 Å². The van der Waals surface area contributed by atoms with Crippen LogP contribution in [0.3, 0.4) is 0 Å². The second kappa shape index (κ2) is 7.06. The van der Waals surface area contributed by atoms with Gasteiger partial charge in [-0.25, -0.2) is 15.0 Å². The highest BCUT2D eigenvalue weighted by atomic mass is 16.5. The van der Waals surface area contributed by atoms with E-state index in [1.54, 1.807) is 11.2 Å². The number of carbonyl (C=O) groups excluding carboxylic acids is 1. The van der Waals surface area contributed by atoms with E-state index >= 15 is 0 Å². The number of ether oxygens (including phenoxy) is 1. The van der Waals surface area contributed by atoms with Crippen LogP contribution in [-0.4, -0.2) is 68.2 Å². The Labute approximate surface area is 161 Å². The maximum absolute atomic E-state index is 12.4. The van der Waals surface area contributed by atoms with Crippen LogP contribution in [0, 0.1) is 0 Å². The average molecular weight is 379 g/mol. The van der Waals surface area contributed by atoms with Gasteiger partial charge in [0.15, 0.2) is 0 Å². The third-order valence-electron chi connectivity index (χ3n) is 5.46. The molecule has 2 aliphatic rings. The molecule has 9 heteroatoms. The Hall–Kier alpha value is -3.23. The van der Waals surface area contributed by atoms with E-state index < -0.39 is 0 Å². The molecule has 3 aromatic rings. The summed E-state index contributed by atoms with van der Waals surface area (Å²) in [6, 6.07) is 6.17. The number of anilines is 1. The molecule has 0 radical (unpaired) electrons. The zero-order chi connectivity index (χ0) is 18.9. The fourth-order valence-electron chi connectivity index (χ4n) is 3.58. The molecule has 0 unspecified atom stereocenters. The van der Waals surface area contributed by atoms with Gasteiger partial charge in [-0.3, -0.25) is 9.89 Å². The van der Waals surface area contributed by atoms with Crippen LogP contribution < -0.4 is 9.64 Å². The van der Waals surface area contributed by atoms with Crippen LogP contribution in [0.5, 0.6) is 5.88 Å². The van der Waals surface area contributed by atoms with E-state index in [4.69, 9.17) is 4.74 Å². The zero-order valence-corrected chi connectivity index (χ0v) is 15.4. The van der Waals surface area contributed by atoms with Crippen molar-refractivity contribution in [2.24, 2.45) is 0 Å². The van der Waals surface area contributed by atoms with Gasteiger partial charge in [0.05, 0.1) is 10.9 Å². The maximum atomic E-state index is 12.4. The molecular formula is C19H21N7O2. The fraction of sp³-hybridized carbons (Fsp3) is 0.421. The van der Waals surface area contributed by atoms with Crippen molar-refractivity contribution in [1.29, 1.82) is 0 Å². The second-order valence-corrected chi connectivity index (χ2v) is 7.16. The number of piperazine rings is 1. The number of hydrogen-bond acceptors (Lipinski definition) is 7. The van der Waals surface area contributed by atoms with Crippen molar-refractivity contribution >= 4 is 22.5 Å². The molecular weight excluding hydrogens is 358 g/mol. The standard InChI is InChI=1S/C19H21N7O2/c27-19(17-21-12-23-24-17)26-8-6-25(7-9-26)13-4-5-16-15(10-13)18(22-11-20-16)28-14-2-1-3-14/h4-5,10-12,14H,1-3,6-9H2,(H,21,23,24). The number of amides is 1. The molecule has 1 aromatic carbocycles. The molecule has 1 N–H and O–H groups in total. The molecule has 2 aromatic heterocycles. The number of rotatable bonds is 4. The molecule has 1 saturated heterocycles. The lowest BCUT2D eigenvalue weighted by atomic mass is 9.96. The van der Waals surface area contributed by atoms with Crippen molar-refractivity contribution in [2.45, 2.75) is 25.4 Å². The van der Waals surface area contributed by atoms with Gasteiger partial charge in [0.25, 0.3) is 5.91 Å². The zero-order valence-electron chi connectivity index (χ0n) is 15.4. The van der Waals surface area contributed by atoms with E-state index in [-0.39, 0.29) is 17.8 Å². The van der Waals surface area contributed by atoms with E-state index in [0.717, 1.165) is 42.5 Å². The molecule has 9 nitrogen and oxygen atoms in total. The topological polar surface area (TPSA) is 100 Å². The first kappa shape index (κ1) is 16.9. The molecule has 5 rings (SSSR count). The summed E-state index contributed by atoms with van der Waals surface area (Å²) >= 11 is 0. The summed E-state index contributed by atoms with van der Waals surface area (Å²) < 4.78 is 6.06. The number of fused-ring (bicyclic) bond motifs is 1. The summed E-state index contributed by atoms with van der Waals surface area (Å²) in [6.45, 7) is 2.76. The van der Waals surface area contributed by atoms with E-state index in [1.165, 1.54) is 12.7 Å². The number of H-pyrrole nitrogens is 1. The quantitative estimate of drug-likeness (QED) is 0.735. The van der Waals surface area contributed by atoms with Gasteiger partial charge in [0.2, 0.25) is 11.7 Å². The predicted octanol–water partition coefficient (Wildman–Crippen LogP) is 1.64. The van der Waals surface area contributed by atoms with E-state index in [2.05, 4.69) is 42.2 Å². The van der Waals surface area contributed by atoms with Crippen molar-refractivity contribution in [3.63, 3.8) is 0 Å². The van der Waals surface area contributed by atoms with Crippen LogP contribution in [0.1, 0.15) is 29.9 Å². The number of aromatic nitrogens is 5. The first-order chi connectivity index (χ1) is 13.8. The van der Waals surface area contributed by atoms with Crippen molar-refractivity contribution in [3.05, 3.63) is 36.7 Å². The minimum atomic E-state index is -0.111. The molecule has 1 aliphatic heterocycles. The number of hydrogen-bond donors (Lipinski definition) is 1. The number of nitrogens with zero attached hydrogens (tertiary/aromatic N) is 6. The number of carbonyl (C=O) groups is 1. The molecule has 0 atom stereocenters. The van der Waals surface area contributed by atoms with Gasteiger partial charge in [-0.1, -0.05) is 0 Å². The summed E-state index contributed by atoms with van der Waals surface area (Å²) in [5, 5.41) is 7.32. The van der Waals surface area contributed by atoms with Gasteiger partial charge in [0, 0.05) is 31.9 Å². The first-order valence-electron chi connectivity index (χ1n) is 9.59. The van der Waals surface area contributed by atoms with Crippen LogP contribution in [0.2, 0.25) is 0 Å². The first-order valence-corrected chi connectivity index (χ1v) is 9.59. The largest absolute Gasteiger partial charge is 0.474 e. The number of aromatic amines is 1. The third kappa shape index (κ3) is 3.12. The van der Waals surface area contributed by atoms with E-state index in [0.29, 0.717) is 19.0 Å². The summed E-state index contributed by atoms with van der Waals surface area (Å²) in [7, 11) is 0. The van der Waals surface area contributed by atoms with Gasteiger partial charge in [-0.2, -0.15) is 5.10 Å². The smallest absolute Gasteiger partial charge is 0.291 e. The number of nitrogens with one attached hydrogen (secondary N) is 1. The molecule has 0 spiro atoms. The Balaban J connectivity index is 1.32. The van der Waals surface area contributed by atoms with Gasteiger partial charge in [-0.05, 0) is 37.5 Å². The second-order valence-electron chi connectivity index (χ2n) is 7.16. The Bertz CT molecular complexity index is 979. The molecule has 1 saturated carbocycles. The van der Waals surface area contributed by atoms with Crippen molar-refractivity contribution < 1.29 is 9.53 Å². The molecule has 28 heavy (non-hydrogen) atoms. The summed E-state index contributed by atoms with van der Waals surface area (Å²) in [5.41, 5.74) is 1.97. The molecule has 1 amide bonds. The summed E-state index contributed by atoms with van der Waals surface area (Å²) in [6.07, 6.45) is 6.58. The van der Waals surface area contributed by atoms with Crippen LogP contribution >= 0.6 is 0 Å². The third-order valence-corrected chi connectivity index (χ3v) is 5.46. The Kier molecular flexibility index (Phi) is 4.27. The van der Waals surface area contributed by atoms with E-state index in [9.17, 15) is 4.79 Å². The molecule has 3 heterocycles. The maximum Gasteiger partial charge on any atom is 0.291 e. The fourth-order valence-corrected chi connectivity index (χ4v) is 3.58. The Morgan fingerprint density at radius 1 is 1.07 bits per heavy atom. The lowest BCUT2D eigenvalue weighted by molar-refractivity contribution is 0.0735.